The summed E-state index contributed by atoms with van der Waals surface area (Å²) in [6.07, 6.45) is 6.96. The number of anilines is 1. The molecule has 1 aromatic heterocycles. The Morgan fingerprint density at radius 3 is 2.54 bits per heavy atom. The fourth-order valence-electron chi connectivity index (χ4n) is 4.44. The highest BCUT2D eigenvalue weighted by atomic mass is 16.2. The maximum Gasteiger partial charge on any atom is 0.245 e. The van der Waals surface area contributed by atoms with E-state index in [0.29, 0.717) is 13.1 Å². The molecule has 1 spiro atoms. The fourth-order valence-corrected chi connectivity index (χ4v) is 4.44. The molecule has 0 aromatic carbocycles. The second-order valence-corrected chi connectivity index (χ2v) is 7.35. The van der Waals surface area contributed by atoms with E-state index in [1.165, 1.54) is 0 Å². The molecule has 140 valence electrons. The average Bonchev–Trinajstić information content (AvgIpc) is 3.10. The number of amides is 2. The van der Waals surface area contributed by atoms with E-state index < -0.39 is 5.54 Å². The van der Waals surface area contributed by atoms with Gasteiger partial charge in [0.2, 0.25) is 17.8 Å². The van der Waals surface area contributed by atoms with Crippen molar-refractivity contribution in [1.82, 2.24) is 25.1 Å². The van der Waals surface area contributed by atoms with Crippen molar-refractivity contribution in [2.24, 2.45) is 0 Å². The number of nitrogens with one attached hydrogen (secondary N) is 1. The highest BCUT2D eigenvalue weighted by molar-refractivity contribution is 5.93. The van der Waals surface area contributed by atoms with Crippen LogP contribution in [0.2, 0.25) is 0 Å². The first kappa shape index (κ1) is 17.2. The van der Waals surface area contributed by atoms with Crippen LogP contribution in [-0.4, -0.2) is 82.9 Å². The van der Waals surface area contributed by atoms with Crippen molar-refractivity contribution in [3.8, 4) is 0 Å². The topological polar surface area (TPSA) is 81.7 Å². The normalized spacial score (nSPS) is 27.0. The van der Waals surface area contributed by atoms with Crippen LogP contribution in [0.5, 0.6) is 0 Å². The Labute approximate surface area is 153 Å². The Bertz CT molecular complexity index is 661. The van der Waals surface area contributed by atoms with Gasteiger partial charge in [0.05, 0.1) is 6.54 Å². The van der Waals surface area contributed by atoms with Gasteiger partial charge in [-0.25, -0.2) is 9.97 Å². The van der Waals surface area contributed by atoms with Gasteiger partial charge in [-0.1, -0.05) is 0 Å². The largest absolute Gasteiger partial charge is 0.354 e. The van der Waals surface area contributed by atoms with E-state index in [1.807, 2.05) is 11.0 Å². The van der Waals surface area contributed by atoms with E-state index in [0.717, 1.165) is 64.4 Å². The van der Waals surface area contributed by atoms with E-state index >= 15 is 0 Å². The van der Waals surface area contributed by atoms with Crippen LogP contribution >= 0.6 is 0 Å². The van der Waals surface area contributed by atoms with E-state index in [-0.39, 0.29) is 11.8 Å². The van der Waals surface area contributed by atoms with Crippen molar-refractivity contribution >= 4 is 17.8 Å². The van der Waals surface area contributed by atoms with Gasteiger partial charge in [0.15, 0.2) is 0 Å². The summed E-state index contributed by atoms with van der Waals surface area (Å²) >= 11 is 0. The van der Waals surface area contributed by atoms with Crippen molar-refractivity contribution in [3.05, 3.63) is 18.5 Å². The molecule has 0 radical (unpaired) electrons. The summed E-state index contributed by atoms with van der Waals surface area (Å²) in [5, 5.41) is 2.96. The second kappa shape index (κ2) is 7.19. The predicted octanol–water partition coefficient (Wildman–Crippen LogP) is -0.130. The molecule has 8 heteroatoms. The molecule has 1 aromatic rings. The van der Waals surface area contributed by atoms with E-state index in [9.17, 15) is 9.59 Å². The molecule has 3 fully saturated rings. The van der Waals surface area contributed by atoms with Gasteiger partial charge in [0, 0.05) is 51.7 Å². The van der Waals surface area contributed by atoms with Gasteiger partial charge in [-0.15, -0.1) is 0 Å². The minimum absolute atomic E-state index is 0.0423. The summed E-state index contributed by atoms with van der Waals surface area (Å²) in [4.78, 5) is 40.2. The summed E-state index contributed by atoms with van der Waals surface area (Å²) in [5.41, 5.74) is -0.588. The lowest BCUT2D eigenvalue weighted by atomic mass is 9.86. The lowest BCUT2D eigenvalue weighted by Crippen LogP contribution is -2.61. The molecule has 4 rings (SSSR count). The number of rotatable bonds is 3. The van der Waals surface area contributed by atoms with Crippen LogP contribution in [0.15, 0.2) is 18.5 Å². The van der Waals surface area contributed by atoms with Crippen LogP contribution in [0.3, 0.4) is 0 Å². The quantitative estimate of drug-likeness (QED) is 0.811. The predicted molar refractivity (Wildman–Crippen MR) is 96.6 cm³/mol. The third kappa shape index (κ3) is 3.13. The van der Waals surface area contributed by atoms with E-state index in [2.05, 4.69) is 25.1 Å². The number of piperazine rings is 1. The minimum atomic E-state index is -0.588. The maximum atomic E-state index is 12.9. The molecule has 3 aliphatic rings. The number of aromatic nitrogens is 2. The zero-order valence-electron chi connectivity index (χ0n) is 15.1. The molecule has 2 amide bonds. The van der Waals surface area contributed by atoms with E-state index in [4.69, 9.17) is 0 Å². The van der Waals surface area contributed by atoms with Gasteiger partial charge in [-0.3, -0.25) is 14.5 Å². The summed E-state index contributed by atoms with van der Waals surface area (Å²) in [6, 6.07) is 1.81. The summed E-state index contributed by atoms with van der Waals surface area (Å²) in [7, 11) is 0. The van der Waals surface area contributed by atoms with Gasteiger partial charge >= 0.3 is 0 Å². The van der Waals surface area contributed by atoms with Gasteiger partial charge in [-0.2, -0.15) is 0 Å². The van der Waals surface area contributed by atoms with Crippen LogP contribution < -0.4 is 10.2 Å². The second-order valence-electron chi connectivity index (χ2n) is 7.35. The number of piperidine rings is 1. The number of hydrogen-bond donors (Lipinski definition) is 1. The SMILES string of the molecule is O=C(CN1CCN(c2ncccn2)CC1)N1CCCC12CCCNC2=O. The lowest BCUT2D eigenvalue weighted by Gasteiger charge is -2.41. The first-order valence-corrected chi connectivity index (χ1v) is 9.52. The third-order valence-electron chi connectivity index (χ3n) is 5.83. The molecule has 0 bridgehead atoms. The Balaban J connectivity index is 1.35. The number of carbonyl (C=O) groups is 2. The van der Waals surface area contributed by atoms with Crippen molar-refractivity contribution in [2.45, 2.75) is 31.2 Å². The van der Waals surface area contributed by atoms with Crippen LogP contribution in [0.4, 0.5) is 5.95 Å². The van der Waals surface area contributed by atoms with Crippen molar-refractivity contribution in [2.75, 3.05) is 50.7 Å². The Morgan fingerprint density at radius 2 is 1.81 bits per heavy atom. The molecule has 1 unspecified atom stereocenters. The van der Waals surface area contributed by atoms with E-state index in [1.54, 1.807) is 12.4 Å². The van der Waals surface area contributed by atoms with Crippen LogP contribution in [0.1, 0.15) is 25.7 Å². The van der Waals surface area contributed by atoms with Crippen LogP contribution in [0, 0.1) is 0 Å². The smallest absolute Gasteiger partial charge is 0.245 e. The Morgan fingerprint density at radius 1 is 1.08 bits per heavy atom. The number of hydrogen-bond acceptors (Lipinski definition) is 6. The molecule has 8 nitrogen and oxygen atoms in total. The highest BCUT2D eigenvalue weighted by Gasteiger charge is 2.50. The number of carbonyl (C=O) groups excluding carboxylic acids is 2. The molecule has 0 saturated carbocycles. The van der Waals surface area contributed by atoms with Crippen molar-refractivity contribution in [1.29, 1.82) is 0 Å². The average molecular weight is 358 g/mol. The molecule has 4 heterocycles. The van der Waals surface area contributed by atoms with Crippen molar-refractivity contribution in [3.63, 3.8) is 0 Å². The lowest BCUT2D eigenvalue weighted by molar-refractivity contribution is -0.147. The van der Waals surface area contributed by atoms with Crippen LogP contribution in [0.25, 0.3) is 0 Å². The molecular formula is C18H26N6O2. The molecule has 1 atom stereocenters. The maximum absolute atomic E-state index is 12.9. The zero-order chi connectivity index (χ0) is 18.0. The molecule has 1 N–H and O–H groups in total. The van der Waals surface area contributed by atoms with Gasteiger partial charge in [0.25, 0.3) is 0 Å². The summed E-state index contributed by atoms with van der Waals surface area (Å²) < 4.78 is 0. The third-order valence-corrected chi connectivity index (χ3v) is 5.83. The highest BCUT2D eigenvalue weighted by Crippen LogP contribution is 2.35. The molecule has 3 saturated heterocycles. The summed E-state index contributed by atoms with van der Waals surface area (Å²) in [6.45, 7) is 5.04. The molecule has 0 aliphatic carbocycles. The minimum Gasteiger partial charge on any atom is -0.354 e. The van der Waals surface area contributed by atoms with Crippen molar-refractivity contribution < 1.29 is 9.59 Å². The van der Waals surface area contributed by atoms with Gasteiger partial charge in [-0.05, 0) is 31.7 Å². The van der Waals surface area contributed by atoms with Gasteiger partial charge < -0.3 is 15.1 Å². The first-order chi connectivity index (χ1) is 12.7. The Kier molecular flexibility index (Phi) is 4.76. The zero-order valence-corrected chi connectivity index (χ0v) is 15.1. The number of nitrogens with zero attached hydrogens (tertiary/aromatic N) is 5. The number of likely N-dealkylation sites (tertiary alicyclic amines) is 1. The first-order valence-electron chi connectivity index (χ1n) is 9.52. The summed E-state index contributed by atoms with van der Waals surface area (Å²) in [5.74, 6) is 0.875. The van der Waals surface area contributed by atoms with Crippen LogP contribution in [-0.2, 0) is 9.59 Å². The Hall–Kier alpha value is -2.22. The van der Waals surface area contributed by atoms with Gasteiger partial charge in [0.1, 0.15) is 5.54 Å². The standard InChI is InChI=1S/C18H26N6O2/c25-15(24-9-2-5-18(24)4-1-6-19-16(18)26)14-22-10-12-23(13-11-22)17-20-7-3-8-21-17/h3,7-8H,1-2,4-6,9-14H2,(H,19,26). The molecule has 3 aliphatic heterocycles. The fraction of sp³-hybridized carbons (Fsp3) is 0.667. The molecule has 26 heavy (non-hydrogen) atoms. The monoisotopic (exact) mass is 358 g/mol. The molecular weight excluding hydrogens is 332 g/mol.